The summed E-state index contributed by atoms with van der Waals surface area (Å²) < 4.78 is 0. The second kappa shape index (κ2) is 7.56. The van der Waals surface area contributed by atoms with Gasteiger partial charge in [-0.25, -0.2) is 0 Å². The highest BCUT2D eigenvalue weighted by molar-refractivity contribution is 7.99. The smallest absolute Gasteiger partial charge is 0.00697 e. The molecule has 0 aromatic carbocycles. The number of rotatable bonds is 6. The van der Waals surface area contributed by atoms with Crippen LogP contribution in [0.5, 0.6) is 0 Å². The van der Waals surface area contributed by atoms with Crippen LogP contribution >= 0.6 is 11.8 Å². The Bertz CT molecular complexity index is 153. The van der Waals surface area contributed by atoms with Crippen molar-refractivity contribution in [3.63, 3.8) is 0 Å². The Morgan fingerprint density at radius 1 is 1.27 bits per heavy atom. The molecule has 0 radical (unpaired) electrons. The van der Waals surface area contributed by atoms with Gasteiger partial charge in [-0.15, -0.1) is 0 Å². The molecule has 0 bridgehead atoms. The topological polar surface area (TPSA) is 12.0 Å². The molecule has 0 amide bonds. The van der Waals surface area contributed by atoms with E-state index in [2.05, 4.69) is 37.8 Å². The van der Waals surface area contributed by atoms with Gasteiger partial charge in [-0.1, -0.05) is 13.8 Å². The molecule has 2 heteroatoms. The molecular weight excluding hydrogens is 202 g/mol. The standard InChI is InChI=1S/C13H27NS/c1-4-15-10-9-12(3)14-13-7-5-11(2)6-8-13/h11-14H,4-10H2,1-3H3. The summed E-state index contributed by atoms with van der Waals surface area (Å²) in [6, 6.07) is 1.52. The molecular formula is C13H27NS. The first-order chi connectivity index (χ1) is 7.22. The molecule has 90 valence electrons. The zero-order valence-corrected chi connectivity index (χ0v) is 11.4. The fourth-order valence-electron chi connectivity index (χ4n) is 2.32. The quantitative estimate of drug-likeness (QED) is 0.697. The third kappa shape index (κ3) is 5.82. The molecule has 0 saturated heterocycles. The van der Waals surface area contributed by atoms with Crippen LogP contribution in [-0.4, -0.2) is 23.6 Å². The van der Waals surface area contributed by atoms with E-state index < -0.39 is 0 Å². The second-order valence-corrected chi connectivity index (χ2v) is 6.40. The summed E-state index contributed by atoms with van der Waals surface area (Å²) >= 11 is 2.06. The molecule has 1 nitrogen and oxygen atoms in total. The van der Waals surface area contributed by atoms with Crippen molar-refractivity contribution in [2.75, 3.05) is 11.5 Å². The van der Waals surface area contributed by atoms with Gasteiger partial charge in [-0.3, -0.25) is 0 Å². The molecule has 1 saturated carbocycles. The molecule has 0 aromatic rings. The number of hydrogen-bond acceptors (Lipinski definition) is 2. The second-order valence-electron chi connectivity index (χ2n) is 5.01. The Morgan fingerprint density at radius 2 is 1.93 bits per heavy atom. The minimum Gasteiger partial charge on any atom is -0.311 e. The van der Waals surface area contributed by atoms with E-state index in [9.17, 15) is 0 Å². The lowest BCUT2D eigenvalue weighted by Gasteiger charge is -2.29. The molecule has 1 aliphatic carbocycles. The zero-order valence-electron chi connectivity index (χ0n) is 10.6. The average molecular weight is 229 g/mol. The summed E-state index contributed by atoms with van der Waals surface area (Å²) in [4.78, 5) is 0. The lowest BCUT2D eigenvalue weighted by Crippen LogP contribution is -2.39. The van der Waals surface area contributed by atoms with Crippen molar-refractivity contribution in [2.45, 2.75) is 65.0 Å². The first-order valence-electron chi connectivity index (χ1n) is 6.56. The summed E-state index contributed by atoms with van der Waals surface area (Å²) in [5, 5.41) is 3.78. The van der Waals surface area contributed by atoms with Gasteiger partial charge >= 0.3 is 0 Å². The van der Waals surface area contributed by atoms with Crippen LogP contribution in [0, 0.1) is 5.92 Å². The third-order valence-electron chi connectivity index (χ3n) is 3.44. The molecule has 0 aromatic heterocycles. The van der Waals surface area contributed by atoms with Crippen molar-refractivity contribution in [1.29, 1.82) is 0 Å². The maximum Gasteiger partial charge on any atom is 0.00697 e. The highest BCUT2D eigenvalue weighted by Gasteiger charge is 2.18. The van der Waals surface area contributed by atoms with E-state index in [0.29, 0.717) is 6.04 Å². The van der Waals surface area contributed by atoms with E-state index in [-0.39, 0.29) is 0 Å². The van der Waals surface area contributed by atoms with Crippen molar-refractivity contribution in [3.05, 3.63) is 0 Å². The predicted molar refractivity (Wildman–Crippen MR) is 71.6 cm³/mol. The van der Waals surface area contributed by atoms with Gasteiger partial charge in [-0.05, 0) is 56.5 Å². The Labute approximate surface area is 99.8 Å². The lowest BCUT2D eigenvalue weighted by atomic mass is 9.87. The monoisotopic (exact) mass is 229 g/mol. The van der Waals surface area contributed by atoms with Gasteiger partial charge in [-0.2, -0.15) is 11.8 Å². The number of nitrogens with one attached hydrogen (secondary N) is 1. The molecule has 1 aliphatic rings. The Kier molecular flexibility index (Phi) is 6.74. The third-order valence-corrected chi connectivity index (χ3v) is 4.37. The molecule has 1 atom stereocenters. The normalized spacial score (nSPS) is 29.0. The van der Waals surface area contributed by atoms with Gasteiger partial charge in [0.2, 0.25) is 0 Å². The van der Waals surface area contributed by atoms with E-state index in [1.165, 1.54) is 43.6 Å². The SMILES string of the molecule is CCSCCC(C)NC1CCC(C)CC1. The summed E-state index contributed by atoms with van der Waals surface area (Å²) in [7, 11) is 0. The van der Waals surface area contributed by atoms with Gasteiger partial charge in [0.05, 0.1) is 0 Å². The van der Waals surface area contributed by atoms with Crippen molar-refractivity contribution < 1.29 is 0 Å². The van der Waals surface area contributed by atoms with E-state index in [4.69, 9.17) is 0 Å². The fraction of sp³-hybridized carbons (Fsp3) is 1.00. The first kappa shape index (κ1) is 13.4. The summed E-state index contributed by atoms with van der Waals surface area (Å²) in [5.41, 5.74) is 0. The van der Waals surface area contributed by atoms with Crippen LogP contribution in [-0.2, 0) is 0 Å². The maximum atomic E-state index is 3.78. The van der Waals surface area contributed by atoms with Gasteiger partial charge in [0.1, 0.15) is 0 Å². The van der Waals surface area contributed by atoms with E-state index in [1.54, 1.807) is 0 Å². The molecule has 1 rings (SSSR count). The summed E-state index contributed by atoms with van der Waals surface area (Å²) in [6.45, 7) is 6.97. The minimum atomic E-state index is 0.711. The van der Waals surface area contributed by atoms with E-state index >= 15 is 0 Å². The average Bonchev–Trinajstić information content (AvgIpc) is 2.22. The Hall–Kier alpha value is 0.310. The van der Waals surface area contributed by atoms with Crippen LogP contribution in [0.25, 0.3) is 0 Å². The van der Waals surface area contributed by atoms with Gasteiger partial charge < -0.3 is 5.32 Å². The van der Waals surface area contributed by atoms with Gasteiger partial charge in [0.25, 0.3) is 0 Å². The molecule has 0 spiro atoms. The van der Waals surface area contributed by atoms with Gasteiger partial charge in [0, 0.05) is 12.1 Å². The molecule has 1 fully saturated rings. The van der Waals surface area contributed by atoms with Crippen molar-refractivity contribution >= 4 is 11.8 Å². The predicted octanol–water partition coefficient (Wildman–Crippen LogP) is 3.69. The van der Waals surface area contributed by atoms with Crippen molar-refractivity contribution in [3.8, 4) is 0 Å². The maximum absolute atomic E-state index is 3.78. The minimum absolute atomic E-state index is 0.711. The first-order valence-corrected chi connectivity index (χ1v) is 7.71. The molecule has 1 N–H and O–H groups in total. The van der Waals surface area contributed by atoms with E-state index in [0.717, 1.165) is 12.0 Å². The highest BCUT2D eigenvalue weighted by atomic mass is 32.2. The van der Waals surface area contributed by atoms with Crippen LogP contribution in [0.15, 0.2) is 0 Å². The molecule has 15 heavy (non-hydrogen) atoms. The lowest BCUT2D eigenvalue weighted by molar-refractivity contribution is 0.289. The van der Waals surface area contributed by atoms with Gasteiger partial charge in [0.15, 0.2) is 0 Å². The van der Waals surface area contributed by atoms with Crippen LogP contribution < -0.4 is 5.32 Å². The molecule has 0 heterocycles. The highest BCUT2D eigenvalue weighted by Crippen LogP contribution is 2.23. The number of thioether (sulfide) groups is 1. The van der Waals surface area contributed by atoms with Crippen LogP contribution in [0.2, 0.25) is 0 Å². The Morgan fingerprint density at radius 3 is 2.53 bits per heavy atom. The van der Waals surface area contributed by atoms with Crippen LogP contribution in [0.4, 0.5) is 0 Å². The van der Waals surface area contributed by atoms with Crippen LogP contribution in [0.3, 0.4) is 0 Å². The summed E-state index contributed by atoms with van der Waals surface area (Å²) in [6.07, 6.45) is 6.96. The van der Waals surface area contributed by atoms with Crippen molar-refractivity contribution in [1.82, 2.24) is 5.32 Å². The zero-order chi connectivity index (χ0) is 11.1. The largest absolute Gasteiger partial charge is 0.311 e. The molecule has 1 unspecified atom stereocenters. The number of hydrogen-bond donors (Lipinski definition) is 1. The fourth-order valence-corrected chi connectivity index (χ4v) is 3.13. The molecule has 0 aliphatic heterocycles. The van der Waals surface area contributed by atoms with E-state index in [1.807, 2.05) is 0 Å². The Balaban J connectivity index is 2.06. The van der Waals surface area contributed by atoms with Crippen molar-refractivity contribution in [2.24, 2.45) is 5.92 Å². The summed E-state index contributed by atoms with van der Waals surface area (Å²) in [5.74, 6) is 3.54. The van der Waals surface area contributed by atoms with Crippen LogP contribution in [0.1, 0.15) is 52.9 Å².